The third-order valence-corrected chi connectivity index (χ3v) is 6.01. The van der Waals surface area contributed by atoms with E-state index in [4.69, 9.17) is 14.0 Å². The van der Waals surface area contributed by atoms with Crippen LogP contribution in [0, 0.1) is 6.92 Å². The maximum atomic E-state index is 12.7. The molecule has 7 nitrogen and oxygen atoms in total. The molecule has 2 aliphatic rings. The molecule has 0 spiro atoms. The van der Waals surface area contributed by atoms with Gasteiger partial charge in [-0.05, 0) is 43.9 Å². The summed E-state index contributed by atoms with van der Waals surface area (Å²) in [7, 11) is 0. The van der Waals surface area contributed by atoms with Crippen LogP contribution in [0.2, 0.25) is 0 Å². The normalized spacial score (nSPS) is 16.0. The summed E-state index contributed by atoms with van der Waals surface area (Å²) in [6.45, 7) is 3.74. The number of rotatable bonds is 5. The first kappa shape index (κ1) is 19.6. The summed E-state index contributed by atoms with van der Waals surface area (Å²) in [5, 5.41) is 4.15. The summed E-state index contributed by atoms with van der Waals surface area (Å²) in [6.07, 6.45) is 2.86. The van der Waals surface area contributed by atoms with Crippen LogP contribution in [0.4, 0.5) is 0 Å². The second kappa shape index (κ2) is 8.41. The van der Waals surface area contributed by atoms with E-state index in [9.17, 15) is 4.79 Å². The van der Waals surface area contributed by atoms with E-state index in [1.165, 1.54) is 5.56 Å². The van der Waals surface area contributed by atoms with E-state index in [1.807, 2.05) is 47.4 Å². The Kier molecular flexibility index (Phi) is 5.32. The molecule has 7 heteroatoms. The summed E-state index contributed by atoms with van der Waals surface area (Å²) in [4.78, 5) is 19.2. The van der Waals surface area contributed by atoms with Crippen LogP contribution in [0.5, 0.6) is 11.5 Å². The lowest BCUT2D eigenvalue weighted by atomic mass is 9.96. The zero-order valence-electron chi connectivity index (χ0n) is 17.5. The lowest BCUT2D eigenvalue weighted by molar-refractivity contribution is -0.132. The number of carbonyl (C=O) groups excluding carboxylic acids is 1. The number of amides is 1. The van der Waals surface area contributed by atoms with E-state index in [-0.39, 0.29) is 18.6 Å². The van der Waals surface area contributed by atoms with Crippen molar-refractivity contribution in [3.05, 3.63) is 59.5 Å². The van der Waals surface area contributed by atoms with Crippen LogP contribution >= 0.6 is 0 Å². The molecule has 0 N–H and O–H groups in total. The molecule has 3 heterocycles. The summed E-state index contributed by atoms with van der Waals surface area (Å²) in [5.41, 5.74) is 3.24. The number of carbonyl (C=O) groups is 1. The third-order valence-electron chi connectivity index (χ3n) is 6.01. The lowest BCUT2D eigenvalue weighted by Crippen LogP contribution is -2.38. The number of benzene rings is 2. The predicted molar refractivity (Wildman–Crippen MR) is 114 cm³/mol. The molecule has 31 heavy (non-hydrogen) atoms. The fourth-order valence-electron chi connectivity index (χ4n) is 4.10. The Balaban J connectivity index is 1.13. The highest BCUT2D eigenvalue weighted by Gasteiger charge is 2.27. The van der Waals surface area contributed by atoms with Crippen LogP contribution in [-0.4, -0.2) is 40.8 Å². The first-order valence-electron chi connectivity index (χ1n) is 10.7. The standard InChI is InChI=1S/C24H25N3O4/c1-16-2-6-18(7-3-16)23-25-24(31-26-23)19-10-12-27(13-11-19)22(28)9-5-17-4-8-20-21(14-17)30-15-29-20/h2-4,6-8,14,19H,5,9-13,15H2,1H3. The highest BCUT2D eigenvalue weighted by atomic mass is 16.7. The largest absolute Gasteiger partial charge is 0.454 e. The van der Waals surface area contributed by atoms with Gasteiger partial charge in [-0.3, -0.25) is 4.79 Å². The van der Waals surface area contributed by atoms with Gasteiger partial charge in [0.05, 0.1) is 0 Å². The number of aromatic nitrogens is 2. The minimum Gasteiger partial charge on any atom is -0.454 e. The van der Waals surface area contributed by atoms with Gasteiger partial charge >= 0.3 is 0 Å². The van der Waals surface area contributed by atoms with Crippen LogP contribution in [0.1, 0.15) is 42.2 Å². The van der Waals surface area contributed by atoms with E-state index >= 15 is 0 Å². The number of nitrogens with zero attached hydrogens (tertiary/aromatic N) is 3. The SMILES string of the molecule is Cc1ccc(-c2noc(C3CCN(C(=O)CCc4ccc5c(c4)OCO5)CC3)n2)cc1. The van der Waals surface area contributed by atoms with E-state index in [0.717, 1.165) is 35.5 Å². The van der Waals surface area contributed by atoms with Crippen molar-refractivity contribution in [2.24, 2.45) is 0 Å². The van der Waals surface area contributed by atoms with Gasteiger partial charge in [-0.2, -0.15) is 4.98 Å². The second-order valence-corrected chi connectivity index (χ2v) is 8.16. The third kappa shape index (κ3) is 4.26. The minimum absolute atomic E-state index is 0.182. The Morgan fingerprint density at radius 2 is 1.84 bits per heavy atom. The highest BCUT2D eigenvalue weighted by molar-refractivity contribution is 5.76. The average molecular weight is 419 g/mol. The Labute approximate surface area is 181 Å². The molecule has 0 saturated carbocycles. The fourth-order valence-corrected chi connectivity index (χ4v) is 4.10. The molecule has 5 rings (SSSR count). The van der Waals surface area contributed by atoms with E-state index in [0.29, 0.717) is 37.6 Å². The molecular formula is C24H25N3O4. The Morgan fingerprint density at radius 3 is 2.65 bits per heavy atom. The van der Waals surface area contributed by atoms with Gasteiger partial charge in [-0.15, -0.1) is 0 Å². The zero-order chi connectivity index (χ0) is 21.2. The van der Waals surface area contributed by atoms with Crippen molar-refractivity contribution < 1.29 is 18.8 Å². The number of piperidine rings is 1. The summed E-state index contributed by atoms with van der Waals surface area (Å²) in [6, 6.07) is 14.0. The molecule has 0 radical (unpaired) electrons. The second-order valence-electron chi connectivity index (χ2n) is 8.16. The van der Waals surface area contributed by atoms with Gasteiger partial charge in [0.25, 0.3) is 0 Å². The number of hydrogen-bond donors (Lipinski definition) is 0. The molecule has 1 amide bonds. The van der Waals surface area contributed by atoms with Gasteiger partial charge < -0.3 is 18.9 Å². The Morgan fingerprint density at radius 1 is 1.06 bits per heavy atom. The molecule has 2 aliphatic heterocycles. The number of hydrogen-bond acceptors (Lipinski definition) is 6. The van der Waals surface area contributed by atoms with Crippen LogP contribution in [-0.2, 0) is 11.2 Å². The summed E-state index contributed by atoms with van der Waals surface area (Å²) in [5.74, 6) is 3.20. The first-order valence-corrected chi connectivity index (χ1v) is 10.7. The predicted octanol–water partition coefficient (Wildman–Crippen LogP) is 4.11. The van der Waals surface area contributed by atoms with Gasteiger partial charge in [-0.1, -0.05) is 41.1 Å². The maximum Gasteiger partial charge on any atom is 0.231 e. The van der Waals surface area contributed by atoms with Crippen LogP contribution < -0.4 is 9.47 Å². The smallest absolute Gasteiger partial charge is 0.231 e. The average Bonchev–Trinajstić information content (AvgIpc) is 3.47. The van der Waals surface area contributed by atoms with Crippen LogP contribution in [0.15, 0.2) is 47.0 Å². The molecular weight excluding hydrogens is 394 g/mol. The summed E-state index contributed by atoms with van der Waals surface area (Å²) >= 11 is 0. The number of likely N-dealkylation sites (tertiary alicyclic amines) is 1. The van der Waals surface area contributed by atoms with Crippen molar-refractivity contribution in [2.45, 2.75) is 38.5 Å². The van der Waals surface area contributed by atoms with E-state index in [1.54, 1.807) is 0 Å². The fraction of sp³-hybridized carbons (Fsp3) is 0.375. The topological polar surface area (TPSA) is 77.7 Å². The van der Waals surface area contributed by atoms with Crippen molar-refractivity contribution in [1.29, 1.82) is 0 Å². The van der Waals surface area contributed by atoms with Crippen molar-refractivity contribution >= 4 is 5.91 Å². The van der Waals surface area contributed by atoms with Gasteiger partial charge in [0.1, 0.15) is 0 Å². The number of fused-ring (bicyclic) bond motifs is 1. The quantitative estimate of drug-likeness (QED) is 0.619. The molecule has 1 saturated heterocycles. The molecule has 1 fully saturated rings. The van der Waals surface area contributed by atoms with Gasteiger partial charge in [0, 0.05) is 31.0 Å². The Hall–Kier alpha value is -3.35. The van der Waals surface area contributed by atoms with Gasteiger partial charge in [0.2, 0.25) is 24.4 Å². The van der Waals surface area contributed by atoms with Crippen molar-refractivity contribution in [3.63, 3.8) is 0 Å². The van der Waals surface area contributed by atoms with E-state index < -0.39 is 0 Å². The Bertz CT molecular complexity index is 1070. The molecule has 160 valence electrons. The molecule has 0 atom stereocenters. The van der Waals surface area contributed by atoms with Crippen molar-refractivity contribution in [2.75, 3.05) is 19.9 Å². The lowest BCUT2D eigenvalue weighted by Gasteiger charge is -2.30. The zero-order valence-corrected chi connectivity index (χ0v) is 17.5. The molecule has 1 aromatic heterocycles. The van der Waals surface area contributed by atoms with E-state index in [2.05, 4.69) is 17.1 Å². The molecule has 0 bridgehead atoms. The van der Waals surface area contributed by atoms with Gasteiger partial charge in [0.15, 0.2) is 11.5 Å². The van der Waals surface area contributed by atoms with Crippen molar-refractivity contribution in [3.8, 4) is 22.9 Å². The van der Waals surface area contributed by atoms with Crippen LogP contribution in [0.25, 0.3) is 11.4 Å². The first-order chi connectivity index (χ1) is 15.2. The summed E-state index contributed by atoms with van der Waals surface area (Å²) < 4.78 is 16.3. The van der Waals surface area contributed by atoms with Gasteiger partial charge in [-0.25, -0.2) is 0 Å². The molecule has 0 aliphatic carbocycles. The van der Waals surface area contributed by atoms with Crippen LogP contribution in [0.3, 0.4) is 0 Å². The molecule has 2 aromatic carbocycles. The minimum atomic E-state index is 0.182. The van der Waals surface area contributed by atoms with Crippen molar-refractivity contribution in [1.82, 2.24) is 15.0 Å². The highest BCUT2D eigenvalue weighted by Crippen LogP contribution is 2.33. The number of aryl methyl sites for hydroxylation is 2. The number of ether oxygens (including phenoxy) is 2. The monoisotopic (exact) mass is 419 g/mol. The molecule has 3 aromatic rings. The maximum absolute atomic E-state index is 12.7. The molecule has 0 unspecified atom stereocenters.